The Morgan fingerprint density at radius 3 is 2.19 bits per heavy atom. The maximum Gasteiger partial charge on any atom is 0.182 e. The fraction of sp³-hybridized carbons (Fsp3) is 0. The third-order valence-corrected chi connectivity index (χ3v) is 2.25. The van der Waals surface area contributed by atoms with E-state index in [1.165, 1.54) is 6.07 Å². The first-order valence-corrected chi connectivity index (χ1v) is 4.41. The molecule has 0 saturated heterocycles. The molecule has 4 N–H and O–H groups in total. The van der Waals surface area contributed by atoms with Gasteiger partial charge in [-0.15, -0.1) is 0 Å². The van der Waals surface area contributed by atoms with Crippen molar-refractivity contribution < 1.29 is 20.4 Å². The van der Waals surface area contributed by atoms with Crippen LogP contribution in [0, 0.1) is 0 Å². The largest absolute Gasteiger partial charge is 0.507 e. The summed E-state index contributed by atoms with van der Waals surface area (Å²) >= 11 is 0. The highest BCUT2D eigenvalue weighted by Gasteiger charge is 2.13. The number of rotatable bonds is 0. The molecule has 0 unspecified atom stereocenters. The molecule has 0 spiro atoms. The Morgan fingerprint density at radius 1 is 0.812 bits per heavy atom. The van der Waals surface area contributed by atoms with Crippen LogP contribution in [0.2, 0.25) is 0 Å². The van der Waals surface area contributed by atoms with Crippen LogP contribution in [0.1, 0.15) is 0 Å². The molecular weight excluding hydrogens is 212 g/mol. The zero-order valence-electron chi connectivity index (χ0n) is 8.01. The topological polar surface area (TPSA) is 98.0 Å². The number of phenols is 3. The van der Waals surface area contributed by atoms with E-state index in [1.54, 1.807) is 0 Å². The molecule has 0 heterocycles. The molecule has 5 nitrogen and oxygen atoms in total. The van der Waals surface area contributed by atoms with Gasteiger partial charge in [0.15, 0.2) is 16.9 Å². The van der Waals surface area contributed by atoms with Crippen LogP contribution >= 0.6 is 0 Å². The van der Waals surface area contributed by atoms with Gasteiger partial charge in [-0.2, -0.15) is 0 Å². The van der Waals surface area contributed by atoms with E-state index in [9.17, 15) is 25.2 Å². The summed E-state index contributed by atoms with van der Waals surface area (Å²) in [6.45, 7) is 0. The lowest BCUT2D eigenvalue weighted by atomic mass is 10.1. The molecule has 0 saturated carbocycles. The maximum absolute atomic E-state index is 11.1. The molecule has 16 heavy (non-hydrogen) atoms. The molecule has 2 rings (SSSR count). The number of phenolic OH excluding ortho intramolecular Hbond substituents is 3. The van der Waals surface area contributed by atoms with Crippen molar-refractivity contribution in [3.8, 4) is 23.0 Å². The Kier molecular flexibility index (Phi) is 2.09. The Bertz CT molecular complexity index is 633. The minimum absolute atomic E-state index is 0.0786. The second kappa shape index (κ2) is 3.30. The Morgan fingerprint density at radius 2 is 1.50 bits per heavy atom. The minimum Gasteiger partial charge on any atom is -0.507 e. The first-order chi connectivity index (χ1) is 7.50. The van der Waals surface area contributed by atoms with E-state index >= 15 is 0 Å². The number of fused-ring (bicyclic) bond motifs is 1. The standard InChI is InChI=1S/C11H8O5/c12-5-1-2-6-7(13)4-9(15)11(16)10(6)8(14)3-5/h1-4,13-16H. The molecule has 0 radical (unpaired) electrons. The van der Waals surface area contributed by atoms with Gasteiger partial charge in [0.1, 0.15) is 11.5 Å². The highest BCUT2D eigenvalue weighted by molar-refractivity contribution is 5.98. The Labute approximate surface area is 89.5 Å². The van der Waals surface area contributed by atoms with Gasteiger partial charge in [-0.3, -0.25) is 4.79 Å². The highest BCUT2D eigenvalue weighted by atomic mass is 16.3. The first-order valence-electron chi connectivity index (χ1n) is 4.41. The third-order valence-electron chi connectivity index (χ3n) is 2.25. The number of hydrogen-bond acceptors (Lipinski definition) is 5. The summed E-state index contributed by atoms with van der Waals surface area (Å²) in [5.41, 5.74) is -0.480. The molecule has 0 amide bonds. The van der Waals surface area contributed by atoms with Gasteiger partial charge in [0.2, 0.25) is 0 Å². The Balaban J connectivity index is 3.14. The van der Waals surface area contributed by atoms with Crippen molar-refractivity contribution >= 4 is 10.8 Å². The van der Waals surface area contributed by atoms with Gasteiger partial charge in [-0.05, 0) is 12.1 Å². The SMILES string of the molecule is O=c1ccc2c(O)cc(O)c(O)c2c(O)c1. The predicted molar refractivity (Wildman–Crippen MR) is 56.9 cm³/mol. The molecule has 0 aromatic heterocycles. The van der Waals surface area contributed by atoms with E-state index in [0.29, 0.717) is 0 Å². The average molecular weight is 220 g/mol. The van der Waals surface area contributed by atoms with Crippen LogP contribution in [0.4, 0.5) is 0 Å². The Hall–Kier alpha value is -2.43. The lowest BCUT2D eigenvalue weighted by Crippen LogP contribution is -1.88. The van der Waals surface area contributed by atoms with Crippen molar-refractivity contribution in [3.63, 3.8) is 0 Å². The van der Waals surface area contributed by atoms with Crippen molar-refractivity contribution in [2.24, 2.45) is 0 Å². The van der Waals surface area contributed by atoms with Gasteiger partial charge < -0.3 is 20.4 Å². The van der Waals surface area contributed by atoms with Gasteiger partial charge in [0.25, 0.3) is 0 Å². The summed E-state index contributed by atoms with van der Waals surface area (Å²) in [4.78, 5) is 11.1. The molecule has 5 heteroatoms. The fourth-order valence-electron chi connectivity index (χ4n) is 1.51. The summed E-state index contributed by atoms with van der Waals surface area (Å²) in [6, 6.07) is 4.21. The number of hydrogen-bond donors (Lipinski definition) is 4. The molecular formula is C11H8O5. The van der Waals surface area contributed by atoms with Crippen molar-refractivity contribution in [1.29, 1.82) is 0 Å². The second-order valence-electron chi connectivity index (χ2n) is 3.32. The zero-order chi connectivity index (χ0) is 11.9. The summed E-state index contributed by atoms with van der Waals surface area (Å²) < 4.78 is 0. The van der Waals surface area contributed by atoms with E-state index in [-0.39, 0.29) is 16.5 Å². The predicted octanol–water partition coefficient (Wildman–Crippen LogP) is 1.02. The van der Waals surface area contributed by atoms with Gasteiger partial charge in [0.05, 0.1) is 5.39 Å². The zero-order valence-corrected chi connectivity index (χ0v) is 8.01. The fourth-order valence-corrected chi connectivity index (χ4v) is 1.51. The number of benzene rings is 1. The van der Waals surface area contributed by atoms with Gasteiger partial charge in [0, 0.05) is 17.5 Å². The summed E-state index contributed by atoms with van der Waals surface area (Å²) in [6.07, 6.45) is 0. The van der Waals surface area contributed by atoms with Gasteiger partial charge >= 0.3 is 0 Å². The molecule has 0 aliphatic carbocycles. The monoisotopic (exact) mass is 220 g/mol. The van der Waals surface area contributed by atoms with Gasteiger partial charge in [-0.1, -0.05) is 0 Å². The molecule has 2 aromatic rings. The summed E-state index contributed by atoms with van der Waals surface area (Å²) in [7, 11) is 0. The molecule has 82 valence electrons. The molecule has 2 aromatic carbocycles. The summed E-state index contributed by atoms with van der Waals surface area (Å²) in [5, 5.41) is 37.8. The van der Waals surface area contributed by atoms with Crippen molar-refractivity contribution in [1.82, 2.24) is 0 Å². The van der Waals surface area contributed by atoms with Crippen LogP contribution in [0.15, 0.2) is 29.1 Å². The van der Waals surface area contributed by atoms with Crippen molar-refractivity contribution in [3.05, 3.63) is 34.5 Å². The normalized spacial score (nSPS) is 10.5. The molecule has 0 atom stereocenters. The molecule has 0 bridgehead atoms. The van der Waals surface area contributed by atoms with Gasteiger partial charge in [-0.25, -0.2) is 0 Å². The highest BCUT2D eigenvalue weighted by Crippen LogP contribution is 2.42. The molecule has 0 fully saturated rings. The second-order valence-corrected chi connectivity index (χ2v) is 3.32. The van der Waals surface area contributed by atoms with E-state index in [4.69, 9.17) is 0 Å². The quantitative estimate of drug-likeness (QED) is 0.392. The van der Waals surface area contributed by atoms with Crippen LogP contribution in [0.3, 0.4) is 0 Å². The first kappa shape index (κ1) is 10.1. The van der Waals surface area contributed by atoms with E-state index in [1.807, 2.05) is 0 Å². The van der Waals surface area contributed by atoms with Crippen LogP contribution < -0.4 is 5.43 Å². The van der Waals surface area contributed by atoms with Crippen LogP contribution in [-0.4, -0.2) is 20.4 Å². The van der Waals surface area contributed by atoms with Crippen molar-refractivity contribution in [2.45, 2.75) is 0 Å². The third kappa shape index (κ3) is 1.38. The number of aromatic hydroxyl groups is 4. The van der Waals surface area contributed by atoms with E-state index in [2.05, 4.69) is 0 Å². The molecule has 0 aliphatic rings. The van der Waals surface area contributed by atoms with Crippen LogP contribution in [-0.2, 0) is 0 Å². The van der Waals surface area contributed by atoms with Crippen LogP contribution in [0.5, 0.6) is 23.0 Å². The van der Waals surface area contributed by atoms with Crippen molar-refractivity contribution in [2.75, 3.05) is 0 Å². The van der Waals surface area contributed by atoms with E-state index < -0.39 is 22.7 Å². The summed E-state index contributed by atoms with van der Waals surface area (Å²) in [5.74, 6) is -2.00. The lowest BCUT2D eigenvalue weighted by Gasteiger charge is -2.04. The lowest BCUT2D eigenvalue weighted by molar-refractivity contribution is 0.399. The van der Waals surface area contributed by atoms with E-state index in [0.717, 1.165) is 18.2 Å². The van der Waals surface area contributed by atoms with Crippen LogP contribution in [0.25, 0.3) is 10.8 Å². The maximum atomic E-state index is 11.1. The molecule has 0 aliphatic heterocycles. The minimum atomic E-state index is -0.583. The average Bonchev–Trinajstić information content (AvgIpc) is 2.34. The smallest absolute Gasteiger partial charge is 0.182 e.